The van der Waals surface area contributed by atoms with Crippen LogP contribution < -0.4 is 5.32 Å². The molecule has 0 radical (unpaired) electrons. The summed E-state index contributed by atoms with van der Waals surface area (Å²) in [5.74, 6) is 0.164. The van der Waals surface area contributed by atoms with Crippen molar-refractivity contribution in [1.29, 1.82) is 0 Å². The Morgan fingerprint density at radius 1 is 1.24 bits per heavy atom. The smallest absolute Gasteiger partial charge is 0.317 e. The Morgan fingerprint density at radius 3 is 2.43 bits per heavy atom. The first-order valence-electron chi connectivity index (χ1n) is 7.21. The average molecular weight is 309 g/mol. The fraction of sp³-hybridized carbons (Fsp3) is 0.600. The number of thiophene rings is 1. The highest BCUT2D eigenvalue weighted by Gasteiger charge is 2.25. The number of Topliss-reactive ketones (excluding diaryl/α,β-unsaturated/α-hetero) is 1. The highest BCUT2D eigenvalue weighted by molar-refractivity contribution is 7.12. The SMILES string of the molecule is CC(C)(C)NC(=O)N1CCN(CC(=O)c2cccs2)CC1. The zero-order chi connectivity index (χ0) is 15.5. The number of amides is 2. The molecular formula is C15H23N3O2S. The molecule has 0 atom stereocenters. The molecule has 1 aromatic heterocycles. The van der Waals surface area contributed by atoms with Gasteiger partial charge in [0.15, 0.2) is 5.78 Å². The zero-order valence-electron chi connectivity index (χ0n) is 12.9. The summed E-state index contributed by atoms with van der Waals surface area (Å²) in [6, 6.07) is 3.74. The van der Waals surface area contributed by atoms with Crippen molar-refractivity contribution in [3.63, 3.8) is 0 Å². The van der Waals surface area contributed by atoms with E-state index in [0.717, 1.165) is 18.0 Å². The number of piperazine rings is 1. The van der Waals surface area contributed by atoms with E-state index in [1.807, 2.05) is 43.2 Å². The third-order valence-corrected chi connectivity index (χ3v) is 4.22. The molecule has 0 aromatic carbocycles. The van der Waals surface area contributed by atoms with Gasteiger partial charge < -0.3 is 10.2 Å². The lowest BCUT2D eigenvalue weighted by Crippen LogP contribution is -2.55. The Hall–Kier alpha value is -1.40. The molecule has 1 saturated heterocycles. The number of nitrogens with zero attached hydrogens (tertiary/aromatic N) is 2. The first-order valence-corrected chi connectivity index (χ1v) is 8.09. The normalized spacial score (nSPS) is 16.8. The van der Waals surface area contributed by atoms with Gasteiger partial charge in [-0.15, -0.1) is 11.3 Å². The van der Waals surface area contributed by atoms with Crippen LogP contribution in [-0.2, 0) is 0 Å². The van der Waals surface area contributed by atoms with E-state index in [9.17, 15) is 9.59 Å². The number of hydrogen-bond donors (Lipinski definition) is 1. The average Bonchev–Trinajstić information content (AvgIpc) is 2.91. The number of carbonyl (C=O) groups is 2. The molecule has 1 N–H and O–H groups in total. The summed E-state index contributed by atoms with van der Waals surface area (Å²) in [5, 5.41) is 4.89. The van der Waals surface area contributed by atoms with Crippen LogP contribution in [0, 0.1) is 0 Å². The van der Waals surface area contributed by atoms with Crippen LogP contribution in [0.2, 0.25) is 0 Å². The highest BCUT2D eigenvalue weighted by Crippen LogP contribution is 2.11. The van der Waals surface area contributed by atoms with Gasteiger partial charge in [-0.3, -0.25) is 9.69 Å². The topological polar surface area (TPSA) is 52.7 Å². The standard InChI is InChI=1S/C15H23N3O2S/c1-15(2,3)16-14(20)18-8-6-17(7-9-18)11-12(19)13-5-4-10-21-13/h4-5,10H,6-9,11H2,1-3H3,(H,16,20). The quantitative estimate of drug-likeness (QED) is 0.870. The van der Waals surface area contributed by atoms with Gasteiger partial charge in [0.05, 0.1) is 11.4 Å². The number of carbonyl (C=O) groups excluding carboxylic acids is 2. The summed E-state index contributed by atoms with van der Waals surface area (Å²) in [5.41, 5.74) is -0.219. The van der Waals surface area contributed by atoms with Crippen LogP contribution in [0.15, 0.2) is 17.5 Å². The molecule has 2 rings (SSSR count). The number of hydrogen-bond acceptors (Lipinski definition) is 4. The fourth-order valence-electron chi connectivity index (χ4n) is 2.23. The molecule has 0 unspecified atom stereocenters. The predicted octanol–water partition coefficient (Wildman–Crippen LogP) is 2.06. The van der Waals surface area contributed by atoms with E-state index in [4.69, 9.17) is 0 Å². The number of rotatable bonds is 3. The van der Waals surface area contributed by atoms with Crippen molar-refractivity contribution in [2.24, 2.45) is 0 Å². The maximum atomic E-state index is 12.1. The maximum absolute atomic E-state index is 12.1. The van der Waals surface area contributed by atoms with Gasteiger partial charge in [0.25, 0.3) is 0 Å². The van der Waals surface area contributed by atoms with Gasteiger partial charge in [-0.05, 0) is 32.2 Å². The monoisotopic (exact) mass is 309 g/mol. The van der Waals surface area contributed by atoms with Crippen LogP contribution in [0.3, 0.4) is 0 Å². The molecule has 21 heavy (non-hydrogen) atoms. The third kappa shape index (κ3) is 4.82. The first-order chi connectivity index (χ1) is 9.85. The second kappa shape index (κ2) is 6.58. The van der Waals surface area contributed by atoms with Crippen molar-refractivity contribution in [1.82, 2.24) is 15.1 Å². The summed E-state index contributed by atoms with van der Waals surface area (Å²) >= 11 is 1.48. The Morgan fingerprint density at radius 2 is 1.90 bits per heavy atom. The molecule has 116 valence electrons. The van der Waals surface area contributed by atoms with Crippen LogP contribution >= 0.6 is 11.3 Å². The second-order valence-electron chi connectivity index (χ2n) is 6.34. The largest absolute Gasteiger partial charge is 0.333 e. The molecule has 1 aliphatic heterocycles. The van der Waals surface area contributed by atoms with E-state index in [-0.39, 0.29) is 17.4 Å². The number of ketones is 1. The molecule has 0 spiro atoms. The Kier molecular flexibility index (Phi) is 5.00. The van der Waals surface area contributed by atoms with Crippen LogP contribution in [0.5, 0.6) is 0 Å². The lowest BCUT2D eigenvalue weighted by Gasteiger charge is -2.35. The van der Waals surface area contributed by atoms with E-state index in [0.29, 0.717) is 19.6 Å². The Bertz CT molecular complexity index is 486. The van der Waals surface area contributed by atoms with E-state index < -0.39 is 0 Å². The molecule has 1 fully saturated rings. The predicted molar refractivity (Wildman–Crippen MR) is 84.9 cm³/mol. The van der Waals surface area contributed by atoms with Crippen molar-refractivity contribution in [2.75, 3.05) is 32.7 Å². The van der Waals surface area contributed by atoms with Gasteiger partial charge in [-0.25, -0.2) is 4.79 Å². The van der Waals surface area contributed by atoms with Gasteiger partial charge in [0.1, 0.15) is 0 Å². The zero-order valence-corrected chi connectivity index (χ0v) is 13.7. The van der Waals surface area contributed by atoms with E-state index in [2.05, 4.69) is 10.2 Å². The highest BCUT2D eigenvalue weighted by atomic mass is 32.1. The Labute approximate surface area is 129 Å². The number of nitrogens with one attached hydrogen (secondary N) is 1. The van der Waals surface area contributed by atoms with Crippen molar-refractivity contribution in [3.05, 3.63) is 22.4 Å². The van der Waals surface area contributed by atoms with Gasteiger partial charge >= 0.3 is 6.03 Å². The lowest BCUT2D eigenvalue weighted by molar-refractivity contribution is 0.0879. The van der Waals surface area contributed by atoms with Gasteiger partial charge in [-0.1, -0.05) is 6.07 Å². The van der Waals surface area contributed by atoms with Gasteiger partial charge in [-0.2, -0.15) is 0 Å². The minimum Gasteiger partial charge on any atom is -0.333 e. The molecule has 1 aromatic rings. The summed E-state index contributed by atoms with van der Waals surface area (Å²) in [7, 11) is 0. The lowest BCUT2D eigenvalue weighted by atomic mass is 10.1. The second-order valence-corrected chi connectivity index (χ2v) is 7.29. The molecule has 0 bridgehead atoms. The van der Waals surface area contributed by atoms with Crippen molar-refractivity contribution >= 4 is 23.2 Å². The molecule has 2 amide bonds. The Balaban J connectivity index is 1.78. The van der Waals surface area contributed by atoms with Crippen molar-refractivity contribution < 1.29 is 9.59 Å². The molecule has 1 aliphatic rings. The van der Waals surface area contributed by atoms with Gasteiger partial charge in [0, 0.05) is 31.7 Å². The summed E-state index contributed by atoms with van der Waals surface area (Å²) in [6.07, 6.45) is 0. The minimum atomic E-state index is -0.219. The molecule has 2 heterocycles. The molecular weight excluding hydrogens is 286 g/mol. The summed E-state index contributed by atoms with van der Waals surface area (Å²) in [6.45, 7) is 9.18. The molecule has 0 aliphatic carbocycles. The van der Waals surface area contributed by atoms with Gasteiger partial charge in [0.2, 0.25) is 0 Å². The van der Waals surface area contributed by atoms with Crippen LogP contribution in [0.1, 0.15) is 30.4 Å². The van der Waals surface area contributed by atoms with Crippen LogP contribution in [0.4, 0.5) is 4.79 Å². The van der Waals surface area contributed by atoms with Crippen LogP contribution in [-0.4, -0.2) is 59.9 Å². The minimum absolute atomic E-state index is 0.0215. The number of urea groups is 1. The fourth-order valence-corrected chi connectivity index (χ4v) is 2.88. The summed E-state index contributed by atoms with van der Waals surface area (Å²) in [4.78, 5) is 28.9. The van der Waals surface area contributed by atoms with E-state index in [1.165, 1.54) is 11.3 Å². The van der Waals surface area contributed by atoms with E-state index in [1.54, 1.807) is 0 Å². The van der Waals surface area contributed by atoms with Crippen molar-refractivity contribution in [3.8, 4) is 0 Å². The van der Waals surface area contributed by atoms with E-state index >= 15 is 0 Å². The molecule has 0 saturated carbocycles. The van der Waals surface area contributed by atoms with Crippen LogP contribution in [0.25, 0.3) is 0 Å². The maximum Gasteiger partial charge on any atom is 0.317 e. The summed E-state index contributed by atoms with van der Waals surface area (Å²) < 4.78 is 0. The third-order valence-electron chi connectivity index (χ3n) is 3.30. The molecule has 6 heteroatoms. The van der Waals surface area contributed by atoms with Crippen molar-refractivity contribution in [2.45, 2.75) is 26.3 Å². The molecule has 5 nitrogen and oxygen atoms in total. The first kappa shape index (κ1) is 16.0.